The third-order valence-electron chi connectivity index (χ3n) is 4.27. The van der Waals surface area contributed by atoms with E-state index in [1.807, 2.05) is 18.2 Å². The van der Waals surface area contributed by atoms with Crippen molar-refractivity contribution in [3.8, 4) is 0 Å². The van der Waals surface area contributed by atoms with Gasteiger partial charge in [0.25, 0.3) is 0 Å². The maximum absolute atomic E-state index is 3.30. The van der Waals surface area contributed by atoms with Crippen LogP contribution in [0.4, 0.5) is 0 Å². The molecule has 0 amide bonds. The van der Waals surface area contributed by atoms with Crippen LogP contribution in [-0.2, 0) is 28.3 Å². The molecule has 155 valence electrons. The summed E-state index contributed by atoms with van der Waals surface area (Å²) in [5.41, 5.74) is 4.54. The molecule has 0 aromatic heterocycles. The van der Waals surface area contributed by atoms with Gasteiger partial charge in [0.15, 0.2) is 0 Å². The van der Waals surface area contributed by atoms with Gasteiger partial charge < -0.3 is 4.90 Å². The van der Waals surface area contributed by atoms with Crippen molar-refractivity contribution < 1.29 is 21.7 Å². The van der Waals surface area contributed by atoms with Crippen LogP contribution in [0.1, 0.15) is 59.9 Å². The zero-order valence-electron chi connectivity index (χ0n) is 19.7. The normalized spacial score (nSPS) is 14.9. The van der Waals surface area contributed by atoms with Crippen LogP contribution < -0.4 is 0 Å². The summed E-state index contributed by atoms with van der Waals surface area (Å²) in [6.07, 6.45) is 17.3. The van der Waals surface area contributed by atoms with Gasteiger partial charge >= 0.3 is 21.7 Å². The van der Waals surface area contributed by atoms with Crippen molar-refractivity contribution in [1.29, 1.82) is 0 Å². The smallest absolute Gasteiger partial charge is 0.307 e. The van der Waals surface area contributed by atoms with E-state index in [0.717, 1.165) is 19.4 Å². The summed E-state index contributed by atoms with van der Waals surface area (Å²) >= 11 is 0. The van der Waals surface area contributed by atoms with Gasteiger partial charge in [-0.25, -0.2) is 23.3 Å². The van der Waals surface area contributed by atoms with Gasteiger partial charge in [0, 0.05) is 6.54 Å². The molecule has 0 N–H and O–H groups in total. The van der Waals surface area contributed by atoms with Crippen LogP contribution in [0.2, 0.25) is 0 Å². The van der Waals surface area contributed by atoms with E-state index in [9.17, 15) is 0 Å². The molecule has 0 heterocycles. The van der Waals surface area contributed by atoms with E-state index in [1.54, 1.807) is 0 Å². The monoisotopic (exact) mass is 424 g/mol. The van der Waals surface area contributed by atoms with E-state index < -0.39 is 0 Å². The van der Waals surface area contributed by atoms with Crippen LogP contribution in [0.5, 0.6) is 0 Å². The van der Waals surface area contributed by atoms with Crippen LogP contribution in [0.25, 0.3) is 0 Å². The SMILES string of the molecule is CC(C)(C)C1=[C-]CC=C1.CC(C)(C)C1=[C-]CC=C1.CN(C)Cc1[c-]cccc1.[Ti+3]. The van der Waals surface area contributed by atoms with Gasteiger partial charge in [-0.2, -0.15) is 42.5 Å². The van der Waals surface area contributed by atoms with Crippen molar-refractivity contribution >= 4 is 0 Å². The summed E-state index contributed by atoms with van der Waals surface area (Å²) in [6.45, 7) is 14.3. The van der Waals surface area contributed by atoms with Crippen molar-refractivity contribution in [2.24, 2.45) is 10.8 Å². The summed E-state index contributed by atoms with van der Waals surface area (Å²) < 4.78 is 0. The molecule has 0 atom stereocenters. The molecule has 0 fully saturated rings. The topological polar surface area (TPSA) is 3.24 Å². The fraction of sp³-hybridized carbons (Fsp3) is 0.481. The van der Waals surface area contributed by atoms with Crippen LogP contribution in [0.3, 0.4) is 0 Å². The standard InChI is InChI=1S/C9H12N.2C9H13.Ti/c1-10(2)8-9-6-4-3-5-7-9;2*1-9(2,3)8-6-4-5-7-8;/h3-6H,8H2,1-2H3;2*4,6H,5H2,1-3H3;/q3*-1;+3. The Bertz CT molecular complexity index is 652. The molecule has 1 radical (unpaired) electrons. The van der Waals surface area contributed by atoms with Gasteiger partial charge in [0.1, 0.15) is 0 Å². The predicted molar refractivity (Wildman–Crippen MR) is 123 cm³/mol. The molecule has 2 heteroatoms. The van der Waals surface area contributed by atoms with Crippen molar-refractivity contribution in [1.82, 2.24) is 4.90 Å². The Morgan fingerprint density at radius 2 is 1.31 bits per heavy atom. The summed E-state index contributed by atoms with van der Waals surface area (Å²) in [5.74, 6) is 0. The zero-order valence-corrected chi connectivity index (χ0v) is 21.2. The third-order valence-corrected chi connectivity index (χ3v) is 4.27. The minimum absolute atomic E-state index is 0. The first-order valence-corrected chi connectivity index (χ1v) is 10.2. The summed E-state index contributed by atoms with van der Waals surface area (Å²) in [6, 6.07) is 11.2. The Kier molecular flexibility index (Phi) is 12.7. The molecular weight excluding hydrogens is 386 g/mol. The molecule has 0 bridgehead atoms. The van der Waals surface area contributed by atoms with Gasteiger partial charge in [0.2, 0.25) is 0 Å². The van der Waals surface area contributed by atoms with Crippen molar-refractivity contribution in [3.05, 3.63) is 83.5 Å². The molecule has 3 rings (SSSR count). The molecule has 0 aliphatic heterocycles. The number of nitrogens with zero attached hydrogens (tertiary/aromatic N) is 1. The summed E-state index contributed by atoms with van der Waals surface area (Å²) in [7, 11) is 4.11. The first-order valence-electron chi connectivity index (χ1n) is 10.2. The number of rotatable bonds is 2. The Labute approximate surface area is 195 Å². The predicted octanol–water partition coefficient (Wildman–Crippen LogP) is 6.99. The summed E-state index contributed by atoms with van der Waals surface area (Å²) in [4.78, 5) is 2.13. The second-order valence-corrected chi connectivity index (χ2v) is 9.52. The van der Waals surface area contributed by atoms with E-state index in [0.29, 0.717) is 10.8 Å². The first-order chi connectivity index (χ1) is 13.0. The van der Waals surface area contributed by atoms with E-state index in [2.05, 4.69) is 109 Å². The molecule has 1 nitrogen and oxygen atoms in total. The molecule has 2 aliphatic rings. The Balaban J connectivity index is 0.000000399. The van der Waals surface area contributed by atoms with Crippen molar-refractivity contribution in [2.45, 2.75) is 60.9 Å². The van der Waals surface area contributed by atoms with E-state index in [4.69, 9.17) is 0 Å². The second kappa shape index (κ2) is 13.2. The van der Waals surface area contributed by atoms with Gasteiger partial charge in [-0.1, -0.05) is 41.5 Å². The summed E-state index contributed by atoms with van der Waals surface area (Å²) in [5, 5.41) is 0. The van der Waals surface area contributed by atoms with Crippen LogP contribution in [0, 0.1) is 29.0 Å². The third kappa shape index (κ3) is 12.2. The molecule has 0 unspecified atom stereocenters. The second-order valence-electron chi connectivity index (χ2n) is 9.52. The van der Waals surface area contributed by atoms with E-state index in [-0.39, 0.29) is 21.7 Å². The fourth-order valence-corrected chi connectivity index (χ4v) is 2.71. The minimum atomic E-state index is 0. The minimum Gasteiger partial charge on any atom is -0.307 e. The Morgan fingerprint density at radius 1 is 0.828 bits per heavy atom. The first kappa shape index (κ1) is 27.9. The Morgan fingerprint density at radius 3 is 1.55 bits per heavy atom. The number of benzene rings is 1. The molecular formula is C27H38NTi. The molecule has 29 heavy (non-hydrogen) atoms. The molecule has 0 saturated carbocycles. The largest absolute Gasteiger partial charge is 3.00 e. The van der Waals surface area contributed by atoms with Crippen LogP contribution in [-0.4, -0.2) is 19.0 Å². The number of hydrogen-bond donors (Lipinski definition) is 0. The number of allylic oxidation sites excluding steroid dienone is 8. The fourth-order valence-electron chi connectivity index (χ4n) is 2.71. The van der Waals surface area contributed by atoms with E-state index in [1.165, 1.54) is 16.7 Å². The average molecular weight is 424 g/mol. The maximum Gasteiger partial charge on any atom is 3.00 e. The van der Waals surface area contributed by atoms with Gasteiger partial charge in [0.05, 0.1) is 0 Å². The van der Waals surface area contributed by atoms with Gasteiger partial charge in [-0.05, 0) is 24.9 Å². The quantitative estimate of drug-likeness (QED) is 0.365. The van der Waals surface area contributed by atoms with Crippen LogP contribution >= 0.6 is 0 Å². The molecule has 1 aromatic carbocycles. The molecule has 2 aliphatic carbocycles. The van der Waals surface area contributed by atoms with Crippen molar-refractivity contribution in [3.63, 3.8) is 0 Å². The van der Waals surface area contributed by atoms with Crippen molar-refractivity contribution in [2.75, 3.05) is 14.1 Å². The van der Waals surface area contributed by atoms with E-state index >= 15 is 0 Å². The van der Waals surface area contributed by atoms with Gasteiger partial charge in [-0.3, -0.25) is 12.2 Å². The number of hydrogen-bond acceptors (Lipinski definition) is 1. The zero-order chi connectivity index (χ0) is 21.2. The average Bonchev–Trinajstić information content (AvgIpc) is 3.29. The maximum atomic E-state index is 3.30. The Hall–Kier alpha value is -1.15. The molecule has 0 saturated heterocycles. The molecule has 1 aromatic rings. The molecule has 0 spiro atoms. The van der Waals surface area contributed by atoms with Gasteiger partial charge in [-0.15, -0.1) is 18.4 Å². The van der Waals surface area contributed by atoms with Crippen LogP contribution in [0.15, 0.2) is 59.7 Å².